The van der Waals surface area contributed by atoms with Crippen molar-refractivity contribution in [3.8, 4) is 11.5 Å². The summed E-state index contributed by atoms with van der Waals surface area (Å²) in [6.45, 7) is 2.25. The second-order valence-electron chi connectivity index (χ2n) is 7.30. The third kappa shape index (κ3) is 12.7. The van der Waals surface area contributed by atoms with E-state index in [1.807, 2.05) is 0 Å². The molecule has 0 aromatic heterocycles. The van der Waals surface area contributed by atoms with E-state index in [1.54, 1.807) is 0 Å². The third-order valence-corrected chi connectivity index (χ3v) is 5.18. The molecular weight excluding hydrogens is 364 g/mol. The summed E-state index contributed by atoms with van der Waals surface area (Å²) < 4.78 is 35.2. The molecule has 0 amide bonds. The standard InChI is InChI=1S/C21H36O5S/c1-2-3-4-5-6-7-8-9-10-11-12-13-14-15-19-18-20(22)16-17-21(19)26-27(23,24)25/h16-18,22H,2-15H2,1H3,(H,23,24,25). The fourth-order valence-electron chi connectivity index (χ4n) is 3.29. The van der Waals surface area contributed by atoms with Gasteiger partial charge in [0.05, 0.1) is 0 Å². The van der Waals surface area contributed by atoms with Crippen LogP contribution in [0.4, 0.5) is 0 Å². The Labute approximate surface area is 165 Å². The number of benzene rings is 1. The van der Waals surface area contributed by atoms with Gasteiger partial charge in [-0.25, -0.2) is 0 Å². The molecular formula is C21H36O5S. The van der Waals surface area contributed by atoms with Crippen LogP contribution in [0.15, 0.2) is 18.2 Å². The van der Waals surface area contributed by atoms with Crippen LogP contribution in [0.5, 0.6) is 11.5 Å². The number of phenolic OH excluding ortho intramolecular Hbond substituents is 1. The van der Waals surface area contributed by atoms with Crippen molar-refractivity contribution in [1.82, 2.24) is 0 Å². The van der Waals surface area contributed by atoms with Crippen molar-refractivity contribution >= 4 is 10.4 Å². The molecule has 0 unspecified atom stereocenters. The van der Waals surface area contributed by atoms with E-state index in [4.69, 9.17) is 4.55 Å². The maximum Gasteiger partial charge on any atom is 0.446 e. The van der Waals surface area contributed by atoms with E-state index in [0.29, 0.717) is 12.0 Å². The Kier molecular flexibility index (Phi) is 12.2. The van der Waals surface area contributed by atoms with E-state index in [-0.39, 0.29) is 11.5 Å². The van der Waals surface area contributed by atoms with E-state index in [2.05, 4.69) is 11.1 Å². The highest BCUT2D eigenvalue weighted by atomic mass is 32.3. The molecule has 2 N–H and O–H groups in total. The minimum Gasteiger partial charge on any atom is -0.508 e. The van der Waals surface area contributed by atoms with Gasteiger partial charge in [-0.3, -0.25) is 4.55 Å². The largest absolute Gasteiger partial charge is 0.508 e. The van der Waals surface area contributed by atoms with Crippen molar-refractivity contribution in [3.05, 3.63) is 23.8 Å². The zero-order valence-electron chi connectivity index (χ0n) is 16.7. The predicted octanol–water partition coefficient (Wildman–Crippen LogP) is 6.21. The Morgan fingerprint density at radius 3 is 1.78 bits per heavy atom. The summed E-state index contributed by atoms with van der Waals surface area (Å²) in [5.41, 5.74) is 0.593. The Balaban J connectivity index is 2.11. The number of phenols is 1. The quantitative estimate of drug-likeness (QED) is 0.255. The van der Waals surface area contributed by atoms with Gasteiger partial charge in [-0.05, 0) is 36.6 Å². The monoisotopic (exact) mass is 400 g/mol. The van der Waals surface area contributed by atoms with Gasteiger partial charge < -0.3 is 9.29 Å². The van der Waals surface area contributed by atoms with Crippen LogP contribution in [0, 0.1) is 0 Å². The molecule has 0 aliphatic rings. The zero-order valence-corrected chi connectivity index (χ0v) is 17.5. The Morgan fingerprint density at radius 2 is 1.30 bits per heavy atom. The minimum atomic E-state index is -4.55. The number of hydrogen-bond acceptors (Lipinski definition) is 4. The van der Waals surface area contributed by atoms with Crippen LogP contribution in [-0.4, -0.2) is 18.1 Å². The molecule has 5 nitrogen and oxygen atoms in total. The highest BCUT2D eigenvalue weighted by Crippen LogP contribution is 2.26. The van der Waals surface area contributed by atoms with Crippen LogP contribution in [0.3, 0.4) is 0 Å². The first-order valence-corrected chi connectivity index (χ1v) is 11.8. The van der Waals surface area contributed by atoms with E-state index >= 15 is 0 Å². The number of aryl methyl sites for hydroxylation is 1. The van der Waals surface area contributed by atoms with Gasteiger partial charge in [0, 0.05) is 0 Å². The van der Waals surface area contributed by atoms with E-state index < -0.39 is 10.4 Å². The predicted molar refractivity (Wildman–Crippen MR) is 110 cm³/mol. The topological polar surface area (TPSA) is 83.8 Å². The van der Waals surface area contributed by atoms with Crippen LogP contribution >= 0.6 is 0 Å². The summed E-state index contributed by atoms with van der Waals surface area (Å²) in [6, 6.07) is 4.19. The second-order valence-corrected chi connectivity index (χ2v) is 8.32. The molecule has 0 aliphatic heterocycles. The van der Waals surface area contributed by atoms with E-state index in [1.165, 1.54) is 82.4 Å². The Morgan fingerprint density at radius 1 is 0.815 bits per heavy atom. The molecule has 1 aromatic rings. The molecule has 0 radical (unpaired) electrons. The number of rotatable bonds is 16. The van der Waals surface area contributed by atoms with Gasteiger partial charge in [0.25, 0.3) is 0 Å². The fourth-order valence-corrected chi connectivity index (χ4v) is 3.68. The maximum atomic E-state index is 10.9. The van der Waals surface area contributed by atoms with Crippen LogP contribution in [0.2, 0.25) is 0 Å². The molecule has 0 saturated heterocycles. The zero-order chi connectivity index (χ0) is 20.0. The lowest BCUT2D eigenvalue weighted by atomic mass is 10.0. The van der Waals surface area contributed by atoms with Crippen molar-refractivity contribution in [2.24, 2.45) is 0 Å². The lowest BCUT2D eigenvalue weighted by Gasteiger charge is -2.09. The van der Waals surface area contributed by atoms with Crippen LogP contribution in [0.25, 0.3) is 0 Å². The highest BCUT2D eigenvalue weighted by Gasteiger charge is 2.12. The molecule has 0 spiro atoms. The molecule has 27 heavy (non-hydrogen) atoms. The molecule has 0 fully saturated rings. The summed E-state index contributed by atoms with van der Waals surface area (Å²) in [6.07, 6.45) is 17.0. The number of aromatic hydroxyl groups is 1. The Hall–Kier alpha value is -1.27. The number of unbranched alkanes of at least 4 members (excludes halogenated alkanes) is 12. The lowest BCUT2D eigenvalue weighted by Crippen LogP contribution is -2.08. The first-order chi connectivity index (χ1) is 12.9. The first-order valence-electron chi connectivity index (χ1n) is 10.4. The molecule has 0 atom stereocenters. The fraction of sp³-hybridized carbons (Fsp3) is 0.714. The SMILES string of the molecule is CCCCCCCCCCCCCCCc1cc(O)ccc1OS(=O)(=O)O. The highest BCUT2D eigenvalue weighted by molar-refractivity contribution is 7.81. The lowest BCUT2D eigenvalue weighted by molar-refractivity contribution is 0.384. The van der Waals surface area contributed by atoms with E-state index in [0.717, 1.165) is 19.3 Å². The molecule has 0 bridgehead atoms. The van der Waals surface area contributed by atoms with Gasteiger partial charge in [-0.15, -0.1) is 0 Å². The normalized spacial score (nSPS) is 11.6. The molecule has 6 heteroatoms. The smallest absolute Gasteiger partial charge is 0.446 e. The van der Waals surface area contributed by atoms with Crippen LogP contribution in [-0.2, 0) is 16.8 Å². The van der Waals surface area contributed by atoms with Gasteiger partial charge >= 0.3 is 10.4 Å². The van der Waals surface area contributed by atoms with Crippen LogP contribution in [0.1, 0.15) is 96.0 Å². The summed E-state index contributed by atoms with van der Waals surface area (Å²) in [5, 5.41) is 9.57. The summed E-state index contributed by atoms with van der Waals surface area (Å²) in [7, 11) is -4.55. The summed E-state index contributed by atoms with van der Waals surface area (Å²) in [5.74, 6) is 0.136. The molecule has 1 aromatic carbocycles. The minimum absolute atomic E-state index is 0.0578. The average Bonchev–Trinajstić information content (AvgIpc) is 2.60. The van der Waals surface area contributed by atoms with Crippen LogP contribution < -0.4 is 4.18 Å². The molecule has 0 aliphatic carbocycles. The van der Waals surface area contributed by atoms with E-state index in [9.17, 15) is 13.5 Å². The first kappa shape index (κ1) is 23.8. The second kappa shape index (κ2) is 13.8. The molecule has 0 saturated carbocycles. The van der Waals surface area contributed by atoms with Gasteiger partial charge in [-0.2, -0.15) is 8.42 Å². The molecule has 156 valence electrons. The molecule has 1 rings (SSSR count). The molecule has 0 heterocycles. The number of hydrogen-bond donors (Lipinski definition) is 2. The maximum absolute atomic E-state index is 10.9. The van der Waals surface area contributed by atoms with Gasteiger partial charge in [0.1, 0.15) is 11.5 Å². The third-order valence-electron chi connectivity index (χ3n) is 4.79. The van der Waals surface area contributed by atoms with Gasteiger partial charge in [0.15, 0.2) is 0 Å². The summed E-state index contributed by atoms with van der Waals surface area (Å²) in [4.78, 5) is 0. The van der Waals surface area contributed by atoms with Crippen molar-refractivity contribution < 1.29 is 22.3 Å². The van der Waals surface area contributed by atoms with Crippen molar-refractivity contribution in [2.45, 2.75) is 96.8 Å². The van der Waals surface area contributed by atoms with Gasteiger partial charge in [0.2, 0.25) is 0 Å². The van der Waals surface area contributed by atoms with Crippen molar-refractivity contribution in [2.75, 3.05) is 0 Å². The van der Waals surface area contributed by atoms with Crippen molar-refractivity contribution in [3.63, 3.8) is 0 Å². The Bertz CT molecular complexity index is 613. The average molecular weight is 401 g/mol. The van der Waals surface area contributed by atoms with Crippen molar-refractivity contribution in [1.29, 1.82) is 0 Å². The van der Waals surface area contributed by atoms with Gasteiger partial charge in [-0.1, -0.05) is 84.0 Å². The summed E-state index contributed by atoms with van der Waals surface area (Å²) >= 11 is 0.